The molecule has 0 amide bonds. The van der Waals surface area contributed by atoms with Gasteiger partial charge in [-0.05, 0) is 36.8 Å². The van der Waals surface area contributed by atoms with E-state index in [4.69, 9.17) is 5.21 Å². The molecule has 2 aromatic carbocycles. The SMILES string of the molecule is Cc1cc(/C=N\O)c(O)c(-c2nc3ccccc3[nH]2)c1. The van der Waals surface area contributed by atoms with Crippen molar-refractivity contribution in [3.05, 3.63) is 47.5 Å². The lowest BCUT2D eigenvalue weighted by Crippen LogP contribution is -1.90. The number of oxime groups is 1. The summed E-state index contributed by atoms with van der Waals surface area (Å²) in [5.74, 6) is 0.618. The van der Waals surface area contributed by atoms with Gasteiger partial charge in [0.2, 0.25) is 0 Å². The second-order valence-electron chi connectivity index (χ2n) is 4.60. The average molecular weight is 267 g/mol. The minimum Gasteiger partial charge on any atom is -0.506 e. The number of rotatable bonds is 2. The Kier molecular flexibility index (Phi) is 2.87. The van der Waals surface area contributed by atoms with E-state index in [0.29, 0.717) is 17.0 Å². The van der Waals surface area contributed by atoms with Crippen LogP contribution in [0.25, 0.3) is 22.4 Å². The van der Waals surface area contributed by atoms with Gasteiger partial charge in [-0.2, -0.15) is 0 Å². The van der Waals surface area contributed by atoms with Crippen molar-refractivity contribution in [1.29, 1.82) is 0 Å². The highest BCUT2D eigenvalue weighted by Gasteiger charge is 2.13. The lowest BCUT2D eigenvalue weighted by molar-refractivity contribution is 0.321. The number of hydrogen-bond donors (Lipinski definition) is 3. The lowest BCUT2D eigenvalue weighted by Gasteiger charge is -2.06. The van der Waals surface area contributed by atoms with Crippen molar-refractivity contribution in [3.8, 4) is 17.1 Å². The van der Waals surface area contributed by atoms with Crippen LogP contribution in [-0.2, 0) is 0 Å². The van der Waals surface area contributed by atoms with E-state index in [9.17, 15) is 5.11 Å². The Morgan fingerprint density at radius 1 is 1.25 bits per heavy atom. The Hall–Kier alpha value is -2.82. The molecule has 0 aliphatic carbocycles. The fourth-order valence-electron chi connectivity index (χ4n) is 2.23. The van der Waals surface area contributed by atoms with E-state index in [1.54, 1.807) is 6.07 Å². The molecule has 1 aromatic heterocycles. The third-order valence-corrected chi connectivity index (χ3v) is 3.13. The van der Waals surface area contributed by atoms with Crippen LogP contribution in [-0.4, -0.2) is 26.5 Å². The summed E-state index contributed by atoms with van der Waals surface area (Å²) in [4.78, 5) is 7.63. The average Bonchev–Trinajstić information content (AvgIpc) is 2.86. The third kappa shape index (κ3) is 1.99. The molecule has 0 saturated heterocycles. The van der Waals surface area contributed by atoms with E-state index < -0.39 is 0 Å². The normalized spacial score (nSPS) is 11.4. The largest absolute Gasteiger partial charge is 0.506 e. The van der Waals surface area contributed by atoms with Gasteiger partial charge >= 0.3 is 0 Å². The number of benzene rings is 2. The van der Waals surface area contributed by atoms with Crippen LogP contribution in [0.4, 0.5) is 0 Å². The van der Waals surface area contributed by atoms with Crippen LogP contribution in [0.15, 0.2) is 41.6 Å². The lowest BCUT2D eigenvalue weighted by atomic mass is 10.0. The third-order valence-electron chi connectivity index (χ3n) is 3.13. The molecule has 20 heavy (non-hydrogen) atoms. The standard InChI is InChI=1S/C15H13N3O2/c1-9-6-10(8-16-20)14(19)11(7-9)15-17-12-4-2-3-5-13(12)18-15/h2-8,19-20H,1H3,(H,17,18)/b16-8-. The number of aromatic nitrogens is 2. The number of aromatic hydroxyl groups is 1. The van der Waals surface area contributed by atoms with Crippen molar-refractivity contribution < 1.29 is 10.3 Å². The molecule has 0 unspecified atom stereocenters. The van der Waals surface area contributed by atoms with Gasteiger partial charge in [-0.25, -0.2) is 4.98 Å². The molecule has 0 bridgehead atoms. The van der Waals surface area contributed by atoms with E-state index in [1.165, 1.54) is 6.21 Å². The quantitative estimate of drug-likeness (QED) is 0.379. The van der Waals surface area contributed by atoms with Crippen molar-refractivity contribution in [2.75, 3.05) is 0 Å². The second-order valence-corrected chi connectivity index (χ2v) is 4.60. The number of phenols is 1. The molecular weight excluding hydrogens is 254 g/mol. The molecule has 3 rings (SSSR count). The first-order chi connectivity index (χ1) is 9.69. The van der Waals surface area contributed by atoms with Crippen molar-refractivity contribution in [1.82, 2.24) is 9.97 Å². The van der Waals surface area contributed by atoms with E-state index in [0.717, 1.165) is 16.6 Å². The molecule has 0 aliphatic rings. The molecule has 3 N–H and O–H groups in total. The Morgan fingerprint density at radius 3 is 2.80 bits per heavy atom. The Bertz CT molecular complexity index is 773. The molecule has 0 spiro atoms. The summed E-state index contributed by atoms with van der Waals surface area (Å²) in [5.41, 5.74) is 3.70. The summed E-state index contributed by atoms with van der Waals surface area (Å²) >= 11 is 0. The molecule has 0 saturated carbocycles. The van der Waals surface area contributed by atoms with Gasteiger partial charge in [-0.3, -0.25) is 0 Å². The summed E-state index contributed by atoms with van der Waals surface area (Å²) in [5, 5.41) is 21.9. The minimum atomic E-state index is 0.0347. The summed E-state index contributed by atoms with van der Waals surface area (Å²) in [6, 6.07) is 11.2. The van der Waals surface area contributed by atoms with E-state index in [2.05, 4.69) is 15.1 Å². The van der Waals surface area contributed by atoms with Crippen molar-refractivity contribution in [2.24, 2.45) is 5.16 Å². The van der Waals surface area contributed by atoms with Gasteiger partial charge < -0.3 is 15.3 Å². The highest BCUT2D eigenvalue weighted by molar-refractivity contribution is 5.89. The first-order valence-electron chi connectivity index (χ1n) is 6.15. The summed E-state index contributed by atoms with van der Waals surface area (Å²) in [7, 11) is 0. The maximum Gasteiger partial charge on any atom is 0.142 e. The van der Waals surface area contributed by atoms with Crippen LogP contribution < -0.4 is 0 Å². The number of imidazole rings is 1. The van der Waals surface area contributed by atoms with Crippen molar-refractivity contribution >= 4 is 17.2 Å². The van der Waals surface area contributed by atoms with Gasteiger partial charge in [-0.1, -0.05) is 17.3 Å². The van der Waals surface area contributed by atoms with Crippen LogP contribution >= 0.6 is 0 Å². The zero-order chi connectivity index (χ0) is 14.1. The molecule has 1 heterocycles. The predicted molar refractivity (Wildman–Crippen MR) is 77.3 cm³/mol. The molecular formula is C15H13N3O2. The van der Waals surface area contributed by atoms with Crippen molar-refractivity contribution in [2.45, 2.75) is 6.92 Å². The van der Waals surface area contributed by atoms with Crippen LogP contribution in [0.2, 0.25) is 0 Å². The molecule has 0 atom stereocenters. The molecule has 5 nitrogen and oxygen atoms in total. The number of H-pyrrole nitrogens is 1. The molecule has 5 heteroatoms. The van der Waals surface area contributed by atoms with E-state index in [-0.39, 0.29) is 5.75 Å². The molecule has 100 valence electrons. The van der Waals surface area contributed by atoms with Crippen LogP contribution in [0.5, 0.6) is 5.75 Å². The highest BCUT2D eigenvalue weighted by atomic mass is 16.4. The number of hydrogen-bond acceptors (Lipinski definition) is 4. The van der Waals surface area contributed by atoms with Crippen LogP contribution in [0, 0.1) is 6.92 Å². The van der Waals surface area contributed by atoms with Gasteiger partial charge in [0.05, 0.1) is 22.8 Å². The molecule has 0 fully saturated rings. The van der Waals surface area contributed by atoms with E-state index >= 15 is 0 Å². The summed E-state index contributed by atoms with van der Waals surface area (Å²) < 4.78 is 0. The Morgan fingerprint density at radius 2 is 2.05 bits per heavy atom. The maximum atomic E-state index is 10.3. The second kappa shape index (κ2) is 4.70. The van der Waals surface area contributed by atoms with Gasteiger partial charge in [-0.15, -0.1) is 0 Å². The number of nitrogens with zero attached hydrogens (tertiary/aromatic N) is 2. The zero-order valence-electron chi connectivity index (χ0n) is 10.8. The monoisotopic (exact) mass is 267 g/mol. The Balaban J connectivity index is 2.22. The number of phenolic OH excluding ortho intramolecular Hbond substituents is 1. The van der Waals surface area contributed by atoms with Crippen LogP contribution in [0.1, 0.15) is 11.1 Å². The first kappa shape index (κ1) is 12.2. The van der Waals surface area contributed by atoms with Gasteiger partial charge in [0, 0.05) is 5.56 Å². The molecule has 0 aliphatic heterocycles. The van der Waals surface area contributed by atoms with E-state index in [1.807, 2.05) is 37.3 Å². The summed E-state index contributed by atoms with van der Waals surface area (Å²) in [6.07, 6.45) is 1.20. The Labute approximate surface area is 115 Å². The van der Waals surface area contributed by atoms with Gasteiger partial charge in [0.15, 0.2) is 0 Å². The number of nitrogens with one attached hydrogen (secondary N) is 1. The number of fused-ring (bicyclic) bond motifs is 1. The minimum absolute atomic E-state index is 0.0347. The number of aromatic amines is 1. The van der Waals surface area contributed by atoms with Crippen LogP contribution in [0.3, 0.4) is 0 Å². The summed E-state index contributed by atoms with van der Waals surface area (Å²) in [6.45, 7) is 1.90. The van der Waals surface area contributed by atoms with Gasteiger partial charge in [0.1, 0.15) is 11.6 Å². The number of aryl methyl sites for hydroxylation is 1. The molecule has 3 aromatic rings. The van der Waals surface area contributed by atoms with Gasteiger partial charge in [0.25, 0.3) is 0 Å². The predicted octanol–water partition coefficient (Wildman–Crippen LogP) is 3.05. The maximum absolute atomic E-state index is 10.3. The number of para-hydroxylation sites is 2. The smallest absolute Gasteiger partial charge is 0.142 e. The molecule has 0 radical (unpaired) electrons. The van der Waals surface area contributed by atoms with Crippen molar-refractivity contribution in [3.63, 3.8) is 0 Å². The topological polar surface area (TPSA) is 81.5 Å². The fourth-order valence-corrected chi connectivity index (χ4v) is 2.23. The first-order valence-corrected chi connectivity index (χ1v) is 6.15. The zero-order valence-corrected chi connectivity index (χ0v) is 10.8. The fraction of sp³-hybridized carbons (Fsp3) is 0.0667. The highest BCUT2D eigenvalue weighted by Crippen LogP contribution is 2.32.